The lowest BCUT2D eigenvalue weighted by molar-refractivity contribution is 0.779. The van der Waals surface area contributed by atoms with E-state index >= 15 is 0 Å². The highest BCUT2D eigenvalue weighted by atomic mass is 13.9. The molecule has 0 atom stereocenters. The van der Waals surface area contributed by atoms with E-state index in [4.69, 9.17) is 6.58 Å². The molecule has 10 heavy (non-hydrogen) atoms. The summed E-state index contributed by atoms with van der Waals surface area (Å²) >= 11 is 0. The Kier molecular flexibility index (Phi) is 5.97. The van der Waals surface area contributed by atoms with Gasteiger partial charge in [-0.05, 0) is 19.8 Å². The summed E-state index contributed by atoms with van der Waals surface area (Å²) in [5.41, 5.74) is 1.02. The maximum absolute atomic E-state index is 5.66. The van der Waals surface area contributed by atoms with Gasteiger partial charge in [-0.15, -0.1) is 5.92 Å². The molecule has 0 aromatic rings. The fourth-order valence-corrected chi connectivity index (χ4v) is 0.694. The minimum atomic E-state index is 0.774. The molecular weight excluding hydrogens is 120 g/mol. The Labute approximate surface area is 64.3 Å². The fourth-order valence-electron chi connectivity index (χ4n) is 0.694. The lowest BCUT2D eigenvalue weighted by atomic mass is 10.1. The Morgan fingerprint density at radius 1 is 1.50 bits per heavy atom. The number of allylic oxidation sites excluding steroid dienone is 1. The lowest BCUT2D eigenvalue weighted by Gasteiger charge is -1.96. The molecule has 0 aliphatic rings. The van der Waals surface area contributed by atoms with Gasteiger partial charge >= 0.3 is 0 Å². The molecule has 0 aliphatic heterocycles. The van der Waals surface area contributed by atoms with Gasteiger partial charge in [-0.1, -0.05) is 31.4 Å². The molecule has 0 rings (SSSR count). The van der Waals surface area contributed by atoms with E-state index in [9.17, 15) is 0 Å². The monoisotopic (exact) mass is 135 g/mol. The number of hydrogen-bond donors (Lipinski definition) is 0. The van der Waals surface area contributed by atoms with E-state index in [1.54, 1.807) is 0 Å². The average Bonchev–Trinajstić information content (AvgIpc) is 1.97. The van der Waals surface area contributed by atoms with Gasteiger partial charge in [-0.2, -0.15) is 0 Å². The van der Waals surface area contributed by atoms with Crippen molar-refractivity contribution in [1.82, 2.24) is 0 Å². The summed E-state index contributed by atoms with van der Waals surface area (Å²) in [6.45, 7) is 9.67. The zero-order valence-corrected chi connectivity index (χ0v) is 6.91. The molecule has 0 aliphatic carbocycles. The van der Waals surface area contributed by atoms with Gasteiger partial charge in [-0.3, -0.25) is 0 Å². The van der Waals surface area contributed by atoms with Crippen LogP contribution in [0.3, 0.4) is 0 Å². The molecule has 0 unspecified atom stereocenters. The van der Waals surface area contributed by atoms with Crippen molar-refractivity contribution in [2.45, 2.75) is 39.5 Å². The van der Waals surface area contributed by atoms with Crippen LogP contribution in [0.25, 0.3) is 0 Å². The van der Waals surface area contributed by atoms with Crippen molar-refractivity contribution in [3.63, 3.8) is 0 Å². The van der Waals surface area contributed by atoms with Crippen LogP contribution in [0.15, 0.2) is 5.57 Å². The third-order valence-electron chi connectivity index (χ3n) is 1.34. The first-order chi connectivity index (χ1) is 4.81. The molecule has 0 aromatic heterocycles. The van der Waals surface area contributed by atoms with Crippen molar-refractivity contribution < 1.29 is 0 Å². The molecule has 0 aromatic carbocycles. The Morgan fingerprint density at radius 3 is 2.70 bits per heavy atom. The molecule has 55 valence electrons. The molecular formula is C10H15. The molecule has 0 fully saturated rings. The summed E-state index contributed by atoms with van der Waals surface area (Å²) in [5, 5.41) is 0. The van der Waals surface area contributed by atoms with Crippen LogP contribution in [0.4, 0.5) is 0 Å². The Hall–Kier alpha value is -0.700. The van der Waals surface area contributed by atoms with Crippen molar-refractivity contribution in [1.29, 1.82) is 0 Å². The molecule has 0 spiro atoms. The molecule has 0 saturated heterocycles. The normalized spacial score (nSPS) is 8.20. The SMILES string of the molecule is [CH]=C(CC#CC)CCCC. The van der Waals surface area contributed by atoms with Crippen molar-refractivity contribution >= 4 is 0 Å². The first-order valence-electron chi connectivity index (χ1n) is 3.81. The van der Waals surface area contributed by atoms with Crippen LogP contribution in [0.5, 0.6) is 0 Å². The van der Waals surface area contributed by atoms with Crippen LogP contribution in [0.1, 0.15) is 39.5 Å². The largest absolute Gasteiger partial charge is 0.106 e. The number of hydrogen-bond acceptors (Lipinski definition) is 0. The van der Waals surface area contributed by atoms with Crippen LogP contribution in [-0.4, -0.2) is 0 Å². The van der Waals surface area contributed by atoms with E-state index < -0.39 is 0 Å². The van der Waals surface area contributed by atoms with Crippen LogP contribution in [-0.2, 0) is 0 Å². The predicted molar refractivity (Wildman–Crippen MR) is 45.4 cm³/mol. The summed E-state index contributed by atoms with van der Waals surface area (Å²) in [6, 6.07) is 0. The smallest absolute Gasteiger partial charge is 0.0302 e. The molecule has 0 bridgehead atoms. The Balaban J connectivity index is 3.31. The van der Waals surface area contributed by atoms with Crippen molar-refractivity contribution in [2.24, 2.45) is 0 Å². The van der Waals surface area contributed by atoms with E-state index in [0.717, 1.165) is 18.4 Å². The summed E-state index contributed by atoms with van der Waals surface area (Å²) in [6.07, 6.45) is 4.21. The van der Waals surface area contributed by atoms with Crippen LogP contribution < -0.4 is 0 Å². The highest BCUT2D eigenvalue weighted by molar-refractivity contribution is 5.07. The molecule has 0 heteroatoms. The van der Waals surface area contributed by atoms with Gasteiger partial charge < -0.3 is 0 Å². The zero-order chi connectivity index (χ0) is 7.82. The Morgan fingerprint density at radius 2 is 2.20 bits per heavy atom. The van der Waals surface area contributed by atoms with Crippen molar-refractivity contribution in [3.05, 3.63) is 12.2 Å². The lowest BCUT2D eigenvalue weighted by Crippen LogP contribution is -1.79. The van der Waals surface area contributed by atoms with Gasteiger partial charge in [0.05, 0.1) is 0 Å². The fraction of sp³-hybridized carbons (Fsp3) is 0.600. The van der Waals surface area contributed by atoms with Gasteiger partial charge in [0.25, 0.3) is 0 Å². The number of rotatable bonds is 4. The minimum absolute atomic E-state index is 0.774. The second-order valence-corrected chi connectivity index (χ2v) is 2.37. The average molecular weight is 135 g/mol. The van der Waals surface area contributed by atoms with E-state index in [-0.39, 0.29) is 0 Å². The van der Waals surface area contributed by atoms with Crippen LogP contribution >= 0.6 is 0 Å². The van der Waals surface area contributed by atoms with E-state index in [1.165, 1.54) is 12.8 Å². The van der Waals surface area contributed by atoms with Gasteiger partial charge in [0.15, 0.2) is 0 Å². The summed E-state index contributed by atoms with van der Waals surface area (Å²) in [5.74, 6) is 5.77. The quantitative estimate of drug-likeness (QED) is 0.520. The first-order valence-corrected chi connectivity index (χ1v) is 3.81. The van der Waals surface area contributed by atoms with E-state index in [2.05, 4.69) is 18.8 Å². The third-order valence-corrected chi connectivity index (χ3v) is 1.34. The van der Waals surface area contributed by atoms with E-state index in [0.29, 0.717) is 0 Å². The van der Waals surface area contributed by atoms with Gasteiger partial charge in [0.1, 0.15) is 0 Å². The van der Waals surface area contributed by atoms with Crippen LogP contribution in [0, 0.1) is 18.4 Å². The second kappa shape index (κ2) is 6.42. The predicted octanol–water partition coefficient (Wildman–Crippen LogP) is 2.95. The van der Waals surface area contributed by atoms with Gasteiger partial charge in [-0.25, -0.2) is 0 Å². The molecule has 0 heterocycles. The standard InChI is InChI=1S/C10H15/c1-4-6-8-10(3)9-7-5-2/h3H,4,6,8-9H2,1-2H3. The highest BCUT2D eigenvalue weighted by Gasteiger charge is 1.89. The van der Waals surface area contributed by atoms with Crippen molar-refractivity contribution in [3.8, 4) is 11.8 Å². The van der Waals surface area contributed by atoms with Crippen molar-refractivity contribution in [2.75, 3.05) is 0 Å². The molecule has 0 amide bonds. The maximum atomic E-state index is 5.66. The third kappa shape index (κ3) is 5.44. The summed E-state index contributed by atoms with van der Waals surface area (Å²) < 4.78 is 0. The maximum Gasteiger partial charge on any atom is 0.0302 e. The van der Waals surface area contributed by atoms with Gasteiger partial charge in [0, 0.05) is 6.42 Å². The first kappa shape index (κ1) is 9.30. The summed E-state index contributed by atoms with van der Waals surface area (Å²) in [4.78, 5) is 0. The summed E-state index contributed by atoms with van der Waals surface area (Å²) in [7, 11) is 0. The molecule has 0 saturated carbocycles. The zero-order valence-electron chi connectivity index (χ0n) is 6.91. The van der Waals surface area contributed by atoms with E-state index in [1.807, 2.05) is 6.92 Å². The molecule has 1 radical (unpaired) electrons. The minimum Gasteiger partial charge on any atom is -0.106 e. The Bertz CT molecular complexity index is 143. The van der Waals surface area contributed by atoms with Crippen LogP contribution in [0.2, 0.25) is 0 Å². The molecule has 0 nitrogen and oxygen atoms in total. The van der Waals surface area contributed by atoms with Gasteiger partial charge in [0.2, 0.25) is 0 Å². The molecule has 0 N–H and O–H groups in total. The number of unbranched alkanes of at least 4 members (excludes halogenated alkanes) is 1. The highest BCUT2D eigenvalue weighted by Crippen LogP contribution is 2.06. The topological polar surface area (TPSA) is 0 Å². The second-order valence-electron chi connectivity index (χ2n) is 2.37.